The summed E-state index contributed by atoms with van der Waals surface area (Å²) in [6.45, 7) is 7.98. The average molecular weight is 340 g/mol. The molecule has 2 saturated heterocycles. The fourth-order valence-corrected chi connectivity index (χ4v) is 3.33. The topological polar surface area (TPSA) is 87.2 Å². The minimum atomic E-state index is -0.922. The van der Waals surface area contributed by atoms with Crippen LogP contribution in [0.5, 0.6) is 0 Å². The lowest BCUT2D eigenvalue weighted by atomic mass is 9.90. The van der Waals surface area contributed by atoms with Gasteiger partial charge < -0.3 is 19.6 Å². The zero-order valence-electron chi connectivity index (χ0n) is 14.8. The molecule has 24 heavy (non-hydrogen) atoms. The van der Waals surface area contributed by atoms with Crippen LogP contribution in [0.2, 0.25) is 0 Å². The van der Waals surface area contributed by atoms with Gasteiger partial charge in [0.25, 0.3) is 0 Å². The Bertz CT molecular complexity index is 500. The van der Waals surface area contributed by atoms with Crippen LogP contribution in [0, 0.1) is 11.3 Å². The monoisotopic (exact) mass is 340 g/mol. The Labute approximate surface area is 142 Å². The molecule has 0 saturated carbocycles. The van der Waals surface area contributed by atoms with Crippen molar-refractivity contribution in [1.82, 2.24) is 9.80 Å². The number of morpholine rings is 1. The van der Waals surface area contributed by atoms with Gasteiger partial charge in [-0.2, -0.15) is 0 Å². The van der Waals surface area contributed by atoms with Crippen molar-refractivity contribution in [1.29, 1.82) is 0 Å². The second-order valence-electron chi connectivity index (χ2n) is 7.72. The fraction of sp³-hybridized carbons (Fsp3) is 0.824. The summed E-state index contributed by atoms with van der Waals surface area (Å²) in [5.74, 6) is -1.03. The molecule has 0 radical (unpaired) electrons. The molecule has 0 aromatic heterocycles. The molecule has 0 aromatic rings. The van der Waals surface area contributed by atoms with Crippen LogP contribution in [0.1, 0.15) is 40.0 Å². The molecule has 0 aromatic carbocycles. The summed E-state index contributed by atoms with van der Waals surface area (Å²) in [6, 6.07) is 0. The van der Waals surface area contributed by atoms with Crippen LogP contribution in [0.25, 0.3) is 0 Å². The smallest absolute Gasteiger partial charge is 0.306 e. The molecule has 2 amide bonds. The fourth-order valence-electron chi connectivity index (χ4n) is 3.33. The first-order valence-corrected chi connectivity index (χ1v) is 8.60. The molecule has 2 fully saturated rings. The van der Waals surface area contributed by atoms with Crippen molar-refractivity contribution in [2.45, 2.75) is 46.1 Å². The lowest BCUT2D eigenvalue weighted by molar-refractivity contribution is -0.153. The summed E-state index contributed by atoms with van der Waals surface area (Å²) < 4.78 is 5.42. The molecule has 2 heterocycles. The van der Waals surface area contributed by atoms with Gasteiger partial charge in [-0.3, -0.25) is 14.4 Å². The Hall–Kier alpha value is -1.63. The van der Waals surface area contributed by atoms with E-state index in [4.69, 9.17) is 9.84 Å². The summed E-state index contributed by atoms with van der Waals surface area (Å²) in [5.41, 5.74) is -0.448. The Morgan fingerprint density at radius 2 is 1.83 bits per heavy atom. The highest BCUT2D eigenvalue weighted by atomic mass is 16.5. The highest BCUT2D eigenvalue weighted by Gasteiger charge is 2.36. The van der Waals surface area contributed by atoms with Crippen molar-refractivity contribution >= 4 is 17.8 Å². The number of likely N-dealkylation sites (tertiary alicyclic amines) is 1. The molecular weight excluding hydrogens is 312 g/mol. The van der Waals surface area contributed by atoms with E-state index in [0.29, 0.717) is 32.8 Å². The number of carbonyl (C=O) groups is 3. The molecule has 1 N–H and O–H groups in total. The van der Waals surface area contributed by atoms with Gasteiger partial charge in [-0.15, -0.1) is 0 Å². The van der Waals surface area contributed by atoms with Crippen LogP contribution in [0.4, 0.5) is 0 Å². The van der Waals surface area contributed by atoms with E-state index in [2.05, 4.69) is 0 Å². The third kappa shape index (κ3) is 4.69. The first-order chi connectivity index (χ1) is 11.2. The van der Waals surface area contributed by atoms with E-state index < -0.39 is 17.5 Å². The number of ether oxygens (including phenoxy) is 1. The van der Waals surface area contributed by atoms with E-state index >= 15 is 0 Å². The maximum absolute atomic E-state index is 12.8. The molecule has 2 aliphatic rings. The predicted molar refractivity (Wildman–Crippen MR) is 87.3 cm³/mol. The first kappa shape index (κ1) is 18.7. The molecule has 7 heteroatoms. The minimum absolute atomic E-state index is 0.0140. The first-order valence-electron chi connectivity index (χ1n) is 8.60. The highest BCUT2D eigenvalue weighted by Crippen LogP contribution is 2.25. The Kier molecular flexibility index (Phi) is 5.85. The molecular formula is C17H28N2O5. The Morgan fingerprint density at radius 3 is 2.46 bits per heavy atom. The van der Waals surface area contributed by atoms with Crippen LogP contribution < -0.4 is 0 Å². The van der Waals surface area contributed by atoms with Gasteiger partial charge in [0.15, 0.2) is 0 Å². The van der Waals surface area contributed by atoms with Crippen molar-refractivity contribution in [2.75, 3.05) is 32.8 Å². The van der Waals surface area contributed by atoms with Crippen molar-refractivity contribution in [2.24, 2.45) is 11.3 Å². The number of hydrogen-bond donors (Lipinski definition) is 1. The van der Waals surface area contributed by atoms with E-state index in [-0.39, 0.29) is 24.2 Å². The summed E-state index contributed by atoms with van der Waals surface area (Å²) in [5, 5.41) is 8.88. The standard InChI is InChI=1S/C17H28N2O5/c1-17(2,3)16(23)19-6-4-5-12(10-19)15(22)18-7-8-24-13(11-18)9-14(20)21/h12-13H,4-11H2,1-3H3,(H,20,21). The quantitative estimate of drug-likeness (QED) is 0.827. The molecule has 2 unspecified atom stereocenters. The number of carbonyl (C=O) groups excluding carboxylic acids is 2. The van der Waals surface area contributed by atoms with E-state index in [1.165, 1.54) is 0 Å². The molecule has 2 rings (SSSR count). The maximum atomic E-state index is 12.8. The van der Waals surface area contributed by atoms with E-state index in [1.54, 1.807) is 9.80 Å². The number of rotatable bonds is 3. The summed E-state index contributed by atoms with van der Waals surface area (Å²) in [6.07, 6.45) is 1.05. The number of piperidine rings is 1. The molecule has 2 aliphatic heterocycles. The highest BCUT2D eigenvalue weighted by molar-refractivity contribution is 5.84. The largest absolute Gasteiger partial charge is 0.481 e. The summed E-state index contributed by atoms with van der Waals surface area (Å²) in [4.78, 5) is 39.6. The third-order valence-corrected chi connectivity index (χ3v) is 4.55. The number of aliphatic carboxylic acids is 1. The Morgan fingerprint density at radius 1 is 1.12 bits per heavy atom. The lowest BCUT2D eigenvalue weighted by Crippen LogP contribution is -2.53. The lowest BCUT2D eigenvalue weighted by Gasteiger charge is -2.39. The van der Waals surface area contributed by atoms with Gasteiger partial charge in [-0.25, -0.2) is 0 Å². The molecule has 0 spiro atoms. The number of carboxylic acids is 1. The van der Waals surface area contributed by atoms with Crippen LogP contribution >= 0.6 is 0 Å². The van der Waals surface area contributed by atoms with Gasteiger partial charge in [0.1, 0.15) is 0 Å². The molecule has 0 bridgehead atoms. The van der Waals surface area contributed by atoms with Crippen molar-refractivity contribution < 1.29 is 24.2 Å². The summed E-state index contributed by atoms with van der Waals surface area (Å²) >= 11 is 0. The van der Waals surface area contributed by atoms with Crippen LogP contribution in [0.15, 0.2) is 0 Å². The van der Waals surface area contributed by atoms with Gasteiger partial charge in [0.2, 0.25) is 11.8 Å². The van der Waals surface area contributed by atoms with Crippen LogP contribution in [-0.4, -0.2) is 71.6 Å². The number of amides is 2. The van der Waals surface area contributed by atoms with Gasteiger partial charge in [-0.05, 0) is 12.8 Å². The molecule has 0 aliphatic carbocycles. The van der Waals surface area contributed by atoms with Crippen molar-refractivity contribution in [3.63, 3.8) is 0 Å². The number of hydrogen-bond acceptors (Lipinski definition) is 4. The normalized spacial score (nSPS) is 25.5. The van der Waals surface area contributed by atoms with Gasteiger partial charge in [0.05, 0.1) is 25.0 Å². The second kappa shape index (κ2) is 7.51. The number of carboxylic acid groups (broad SMARTS) is 1. The van der Waals surface area contributed by atoms with Gasteiger partial charge in [-0.1, -0.05) is 20.8 Å². The average Bonchev–Trinajstić information content (AvgIpc) is 2.52. The predicted octanol–water partition coefficient (Wildman–Crippen LogP) is 0.973. The van der Waals surface area contributed by atoms with Gasteiger partial charge >= 0.3 is 5.97 Å². The van der Waals surface area contributed by atoms with Gasteiger partial charge in [0, 0.05) is 31.6 Å². The van der Waals surface area contributed by atoms with Crippen LogP contribution in [-0.2, 0) is 19.1 Å². The second-order valence-corrected chi connectivity index (χ2v) is 7.72. The third-order valence-electron chi connectivity index (χ3n) is 4.55. The zero-order valence-corrected chi connectivity index (χ0v) is 14.8. The minimum Gasteiger partial charge on any atom is -0.481 e. The van der Waals surface area contributed by atoms with E-state index in [1.807, 2.05) is 20.8 Å². The Balaban J connectivity index is 1.96. The van der Waals surface area contributed by atoms with Crippen LogP contribution in [0.3, 0.4) is 0 Å². The van der Waals surface area contributed by atoms with Crippen molar-refractivity contribution in [3.05, 3.63) is 0 Å². The van der Waals surface area contributed by atoms with E-state index in [0.717, 1.165) is 12.8 Å². The molecule has 7 nitrogen and oxygen atoms in total. The molecule has 136 valence electrons. The number of nitrogens with zero attached hydrogens (tertiary/aromatic N) is 2. The van der Waals surface area contributed by atoms with E-state index in [9.17, 15) is 14.4 Å². The molecule has 2 atom stereocenters. The van der Waals surface area contributed by atoms with Crippen molar-refractivity contribution in [3.8, 4) is 0 Å². The SMILES string of the molecule is CC(C)(C)C(=O)N1CCCC(C(=O)N2CCOC(CC(=O)O)C2)C1. The maximum Gasteiger partial charge on any atom is 0.306 e. The summed E-state index contributed by atoms with van der Waals surface area (Å²) in [7, 11) is 0. The zero-order chi connectivity index (χ0) is 17.9.